The van der Waals surface area contributed by atoms with E-state index < -0.39 is 0 Å². The highest BCUT2D eigenvalue weighted by atomic mass is 16.3. The van der Waals surface area contributed by atoms with Crippen LogP contribution in [-0.4, -0.2) is 18.8 Å². The van der Waals surface area contributed by atoms with Gasteiger partial charge in [0.25, 0.3) is 5.56 Å². The minimum Gasteiger partial charge on any atom is -0.506 e. The van der Waals surface area contributed by atoms with Crippen LogP contribution in [0.1, 0.15) is 30.9 Å². The molecule has 0 aliphatic rings. The number of aromatic hydroxyl groups is 1. The van der Waals surface area contributed by atoms with Crippen molar-refractivity contribution >= 4 is 10.9 Å². The van der Waals surface area contributed by atoms with Crippen molar-refractivity contribution in [2.45, 2.75) is 26.7 Å². The van der Waals surface area contributed by atoms with Gasteiger partial charge in [-0.1, -0.05) is 49.7 Å². The highest BCUT2D eigenvalue weighted by Gasteiger charge is 2.21. The van der Waals surface area contributed by atoms with E-state index in [1.165, 1.54) is 11.6 Å². The molecular formula is C24H25N3O3. The van der Waals surface area contributed by atoms with Gasteiger partial charge in [-0.25, -0.2) is 4.79 Å². The number of aryl methyl sites for hydroxylation is 2. The van der Waals surface area contributed by atoms with Crippen molar-refractivity contribution in [2.24, 2.45) is 14.1 Å². The van der Waals surface area contributed by atoms with Crippen molar-refractivity contribution in [2.75, 3.05) is 0 Å². The fraction of sp³-hybridized carbons (Fsp3) is 0.250. The Morgan fingerprint density at radius 2 is 1.60 bits per heavy atom. The molecule has 0 saturated carbocycles. The van der Waals surface area contributed by atoms with E-state index in [-0.39, 0.29) is 22.9 Å². The third-order valence-corrected chi connectivity index (χ3v) is 5.69. The van der Waals surface area contributed by atoms with Crippen molar-refractivity contribution in [3.8, 4) is 22.7 Å². The lowest BCUT2D eigenvalue weighted by Crippen LogP contribution is -2.36. The Morgan fingerprint density at radius 1 is 0.933 bits per heavy atom. The second-order valence-electron chi connectivity index (χ2n) is 8.08. The summed E-state index contributed by atoms with van der Waals surface area (Å²) in [6.45, 7) is 6.17. The largest absolute Gasteiger partial charge is 0.506 e. The summed E-state index contributed by atoms with van der Waals surface area (Å²) >= 11 is 0. The zero-order chi connectivity index (χ0) is 21.7. The predicted octanol–water partition coefficient (Wildman–Crippen LogP) is 3.83. The molecule has 0 fully saturated rings. The third-order valence-electron chi connectivity index (χ3n) is 5.69. The van der Waals surface area contributed by atoms with Crippen molar-refractivity contribution in [3.63, 3.8) is 0 Å². The van der Waals surface area contributed by atoms with Crippen LogP contribution in [0.4, 0.5) is 0 Å². The fourth-order valence-corrected chi connectivity index (χ4v) is 3.82. The maximum absolute atomic E-state index is 13.1. The quantitative estimate of drug-likeness (QED) is 0.565. The summed E-state index contributed by atoms with van der Waals surface area (Å²) in [6, 6.07) is 13.4. The smallest absolute Gasteiger partial charge is 0.330 e. The second-order valence-corrected chi connectivity index (χ2v) is 8.08. The Labute approximate surface area is 174 Å². The number of rotatable bonds is 3. The summed E-state index contributed by atoms with van der Waals surface area (Å²) in [5.41, 5.74) is 4.00. The lowest BCUT2D eigenvalue weighted by atomic mass is 10.0. The maximum atomic E-state index is 13.1. The summed E-state index contributed by atoms with van der Waals surface area (Å²) in [5.74, 6) is 0.379. The molecule has 6 nitrogen and oxygen atoms in total. The molecule has 30 heavy (non-hydrogen) atoms. The third kappa shape index (κ3) is 2.96. The summed E-state index contributed by atoms with van der Waals surface area (Å²) in [5, 5.41) is 11.1. The molecule has 0 amide bonds. The van der Waals surface area contributed by atoms with Crippen LogP contribution in [0, 0.1) is 6.92 Å². The van der Waals surface area contributed by atoms with Gasteiger partial charge in [-0.2, -0.15) is 0 Å². The first-order valence-corrected chi connectivity index (χ1v) is 9.92. The molecule has 2 aromatic heterocycles. The topological polar surface area (TPSA) is 69.2 Å². The molecule has 0 bridgehead atoms. The fourth-order valence-electron chi connectivity index (χ4n) is 3.82. The molecule has 0 aliphatic carbocycles. The lowest BCUT2D eigenvalue weighted by Gasteiger charge is -2.14. The number of hydrogen-bond donors (Lipinski definition) is 1. The van der Waals surface area contributed by atoms with E-state index in [0.717, 1.165) is 21.3 Å². The minimum atomic E-state index is -0.389. The van der Waals surface area contributed by atoms with Crippen molar-refractivity contribution in [1.82, 2.24) is 13.7 Å². The van der Waals surface area contributed by atoms with E-state index >= 15 is 0 Å². The molecule has 4 aromatic rings. The van der Waals surface area contributed by atoms with Crippen LogP contribution in [0.25, 0.3) is 27.8 Å². The molecular weight excluding hydrogens is 378 g/mol. The number of nitrogens with zero attached hydrogens (tertiary/aromatic N) is 3. The summed E-state index contributed by atoms with van der Waals surface area (Å²) in [7, 11) is 3.13. The Balaban J connectivity index is 2.20. The first kappa shape index (κ1) is 19.8. The molecule has 0 atom stereocenters. The van der Waals surface area contributed by atoms with Gasteiger partial charge in [-0.3, -0.25) is 13.9 Å². The predicted molar refractivity (Wildman–Crippen MR) is 120 cm³/mol. The monoisotopic (exact) mass is 403 g/mol. The van der Waals surface area contributed by atoms with Crippen LogP contribution < -0.4 is 11.2 Å². The molecule has 2 aromatic carbocycles. The molecule has 4 rings (SSSR count). The highest BCUT2D eigenvalue weighted by Crippen LogP contribution is 2.35. The van der Waals surface area contributed by atoms with Crippen LogP contribution >= 0.6 is 0 Å². The van der Waals surface area contributed by atoms with Crippen LogP contribution in [0.15, 0.2) is 58.3 Å². The van der Waals surface area contributed by atoms with E-state index in [1.807, 2.05) is 47.9 Å². The van der Waals surface area contributed by atoms with Crippen LogP contribution in [-0.2, 0) is 14.1 Å². The van der Waals surface area contributed by atoms with Gasteiger partial charge in [0.2, 0.25) is 0 Å². The molecule has 0 unspecified atom stereocenters. The van der Waals surface area contributed by atoms with Crippen LogP contribution in [0.2, 0.25) is 0 Å². The molecule has 2 heterocycles. The van der Waals surface area contributed by atoms with Crippen molar-refractivity contribution in [1.29, 1.82) is 0 Å². The van der Waals surface area contributed by atoms with Crippen LogP contribution in [0.5, 0.6) is 5.75 Å². The van der Waals surface area contributed by atoms with E-state index in [1.54, 1.807) is 19.3 Å². The van der Waals surface area contributed by atoms with E-state index in [2.05, 4.69) is 13.8 Å². The van der Waals surface area contributed by atoms with E-state index in [4.69, 9.17) is 0 Å². The number of phenols is 1. The van der Waals surface area contributed by atoms with Gasteiger partial charge in [-0.05, 0) is 36.1 Å². The van der Waals surface area contributed by atoms with E-state index in [0.29, 0.717) is 22.3 Å². The van der Waals surface area contributed by atoms with E-state index in [9.17, 15) is 14.7 Å². The number of benzene rings is 2. The number of aromatic nitrogens is 3. The van der Waals surface area contributed by atoms with Gasteiger partial charge in [0.05, 0.1) is 22.3 Å². The number of fused-ring (bicyclic) bond motifs is 1. The average Bonchev–Trinajstić information content (AvgIpc) is 3.12. The zero-order valence-electron chi connectivity index (χ0n) is 17.8. The Hall–Kier alpha value is -3.54. The molecule has 6 heteroatoms. The zero-order valence-corrected chi connectivity index (χ0v) is 17.8. The Kier molecular flexibility index (Phi) is 4.65. The highest BCUT2D eigenvalue weighted by molar-refractivity contribution is 5.95. The van der Waals surface area contributed by atoms with Gasteiger partial charge in [-0.15, -0.1) is 0 Å². The van der Waals surface area contributed by atoms with Gasteiger partial charge in [0.15, 0.2) is 0 Å². The molecule has 0 spiro atoms. The molecule has 0 saturated heterocycles. The normalized spacial score (nSPS) is 11.5. The van der Waals surface area contributed by atoms with Gasteiger partial charge < -0.3 is 9.67 Å². The number of phenolic OH excluding ortho intramolecular Hbond substituents is 1. The Bertz CT molecular complexity index is 1390. The van der Waals surface area contributed by atoms with Crippen molar-refractivity contribution in [3.05, 3.63) is 80.6 Å². The van der Waals surface area contributed by atoms with Gasteiger partial charge in [0.1, 0.15) is 5.75 Å². The second kappa shape index (κ2) is 7.06. The molecule has 154 valence electrons. The molecule has 1 N–H and O–H groups in total. The SMILES string of the molecule is Cc1ccc(-c2c3c(=O)n(C)c(=O)n(C)c3cn2-c2cc(C(C)C)ccc2O)cc1. The summed E-state index contributed by atoms with van der Waals surface area (Å²) < 4.78 is 4.40. The maximum Gasteiger partial charge on any atom is 0.330 e. The van der Waals surface area contributed by atoms with Crippen molar-refractivity contribution < 1.29 is 5.11 Å². The number of hydrogen-bond acceptors (Lipinski definition) is 3. The Morgan fingerprint density at radius 3 is 2.23 bits per heavy atom. The minimum absolute atomic E-state index is 0.106. The van der Waals surface area contributed by atoms with Gasteiger partial charge >= 0.3 is 5.69 Å². The summed E-state index contributed by atoms with van der Waals surface area (Å²) in [4.78, 5) is 25.7. The van der Waals surface area contributed by atoms with Gasteiger partial charge in [0, 0.05) is 20.3 Å². The standard InChI is InChI=1S/C24H25N3O3/c1-14(2)17-10-11-20(28)18(12-17)27-13-19-21(23(29)26(5)24(30)25(19)4)22(27)16-8-6-15(3)7-9-16/h6-14,28H,1-5H3. The average molecular weight is 403 g/mol. The molecule has 0 radical (unpaired) electrons. The summed E-state index contributed by atoms with van der Waals surface area (Å²) in [6.07, 6.45) is 1.76. The first-order valence-electron chi connectivity index (χ1n) is 9.92. The lowest BCUT2D eigenvalue weighted by molar-refractivity contribution is 0.472. The molecule has 0 aliphatic heterocycles. The van der Waals surface area contributed by atoms with Crippen LogP contribution in [0.3, 0.4) is 0 Å². The first-order chi connectivity index (χ1) is 14.2.